The molecule has 0 bridgehead atoms. The molecule has 1 heterocycles. The number of esters is 1. The van der Waals surface area contributed by atoms with E-state index in [1.54, 1.807) is 0 Å². The topological polar surface area (TPSA) is 77.9 Å². The zero-order valence-corrected chi connectivity index (χ0v) is 9.95. The van der Waals surface area contributed by atoms with Gasteiger partial charge < -0.3 is 19.3 Å². The fraction of sp³-hybridized carbons (Fsp3) is 0.400. The Labute approximate surface area is 105 Å². The molecule has 0 spiro atoms. The van der Waals surface area contributed by atoms with E-state index in [9.17, 15) is 23.1 Å². The Morgan fingerprint density at radius 3 is 2.58 bits per heavy atom. The number of aromatic nitrogens is 1. The van der Waals surface area contributed by atoms with Gasteiger partial charge in [0.1, 0.15) is 0 Å². The second-order valence-electron chi connectivity index (χ2n) is 3.12. The van der Waals surface area contributed by atoms with Crippen LogP contribution in [0.1, 0.15) is 17.4 Å². The Kier molecular flexibility index (Phi) is 4.41. The van der Waals surface area contributed by atoms with Gasteiger partial charge in [-0.1, -0.05) is 0 Å². The van der Waals surface area contributed by atoms with Crippen molar-refractivity contribution in [2.75, 3.05) is 13.7 Å². The van der Waals surface area contributed by atoms with E-state index in [0.717, 1.165) is 7.11 Å². The molecule has 1 N–H and O–H groups in total. The van der Waals surface area contributed by atoms with E-state index < -0.39 is 35.3 Å². The zero-order valence-electron chi connectivity index (χ0n) is 9.95. The van der Waals surface area contributed by atoms with E-state index >= 15 is 0 Å². The minimum Gasteiger partial charge on any atom is -0.502 e. The number of hydrogen-bond acceptors (Lipinski definition) is 6. The number of halogens is 3. The second-order valence-corrected chi connectivity index (χ2v) is 3.12. The first-order valence-electron chi connectivity index (χ1n) is 4.99. The Bertz CT molecular complexity index is 475. The van der Waals surface area contributed by atoms with Crippen LogP contribution in [-0.4, -0.2) is 36.1 Å². The van der Waals surface area contributed by atoms with Crippen molar-refractivity contribution in [1.29, 1.82) is 0 Å². The minimum atomic E-state index is -4.98. The third-order valence-corrected chi connectivity index (χ3v) is 1.87. The molecule has 19 heavy (non-hydrogen) atoms. The molecule has 1 aromatic rings. The van der Waals surface area contributed by atoms with Gasteiger partial charge in [0.2, 0.25) is 5.75 Å². The quantitative estimate of drug-likeness (QED) is 0.849. The van der Waals surface area contributed by atoms with E-state index in [1.165, 1.54) is 6.92 Å². The maximum absolute atomic E-state index is 12.1. The number of hydrogen-bond donors (Lipinski definition) is 1. The molecular formula is C10H10F3NO5. The molecule has 1 aromatic heterocycles. The van der Waals surface area contributed by atoms with Crippen LogP contribution in [-0.2, 0) is 4.74 Å². The van der Waals surface area contributed by atoms with E-state index in [1.807, 2.05) is 0 Å². The molecule has 1 rings (SSSR count). The molecule has 0 saturated carbocycles. The summed E-state index contributed by atoms with van der Waals surface area (Å²) in [6, 6.07) is 0. The van der Waals surface area contributed by atoms with E-state index in [4.69, 9.17) is 0 Å². The highest BCUT2D eigenvalue weighted by atomic mass is 19.4. The summed E-state index contributed by atoms with van der Waals surface area (Å²) in [4.78, 5) is 14.7. The summed E-state index contributed by atoms with van der Waals surface area (Å²) in [5, 5.41) is 9.63. The van der Waals surface area contributed by atoms with Crippen molar-refractivity contribution in [3.63, 3.8) is 0 Å². The van der Waals surface area contributed by atoms with Gasteiger partial charge in [0.25, 0.3) is 0 Å². The van der Waals surface area contributed by atoms with Crippen molar-refractivity contribution in [2.45, 2.75) is 13.3 Å². The molecule has 0 fully saturated rings. The SMILES string of the molecule is CCOC(=O)c1ncc(OC(F)(F)F)c(OC)c1O. The third-order valence-electron chi connectivity index (χ3n) is 1.87. The van der Waals surface area contributed by atoms with Crippen LogP contribution in [0.15, 0.2) is 6.20 Å². The molecule has 6 nitrogen and oxygen atoms in total. The van der Waals surface area contributed by atoms with Crippen LogP contribution in [0.25, 0.3) is 0 Å². The Morgan fingerprint density at radius 2 is 2.11 bits per heavy atom. The smallest absolute Gasteiger partial charge is 0.502 e. The van der Waals surface area contributed by atoms with Crippen molar-refractivity contribution in [3.05, 3.63) is 11.9 Å². The fourth-order valence-electron chi connectivity index (χ4n) is 1.21. The number of aromatic hydroxyl groups is 1. The molecule has 9 heteroatoms. The Morgan fingerprint density at radius 1 is 1.47 bits per heavy atom. The summed E-state index contributed by atoms with van der Waals surface area (Å²) >= 11 is 0. The normalized spacial score (nSPS) is 11.0. The second kappa shape index (κ2) is 5.63. The minimum absolute atomic E-state index is 0.0169. The van der Waals surface area contributed by atoms with E-state index in [-0.39, 0.29) is 6.61 Å². The van der Waals surface area contributed by atoms with Crippen LogP contribution in [0.4, 0.5) is 13.2 Å². The van der Waals surface area contributed by atoms with Crippen LogP contribution in [0, 0.1) is 0 Å². The first kappa shape index (κ1) is 14.9. The number of methoxy groups -OCH3 is 1. The van der Waals surface area contributed by atoms with Gasteiger partial charge in [0.15, 0.2) is 17.2 Å². The van der Waals surface area contributed by atoms with Crippen molar-refractivity contribution >= 4 is 5.97 Å². The van der Waals surface area contributed by atoms with Crippen molar-refractivity contribution < 1.29 is 37.3 Å². The van der Waals surface area contributed by atoms with Crippen LogP contribution in [0.2, 0.25) is 0 Å². The summed E-state index contributed by atoms with van der Waals surface area (Å²) in [6.45, 7) is 1.54. The highest BCUT2D eigenvalue weighted by Gasteiger charge is 2.34. The van der Waals surface area contributed by atoms with Crippen LogP contribution in [0.3, 0.4) is 0 Å². The lowest BCUT2D eigenvalue weighted by atomic mass is 10.3. The van der Waals surface area contributed by atoms with Crippen LogP contribution < -0.4 is 9.47 Å². The molecule has 0 aliphatic heterocycles. The number of rotatable bonds is 4. The highest BCUT2D eigenvalue weighted by molar-refractivity contribution is 5.91. The molecule has 0 aliphatic rings. The zero-order chi connectivity index (χ0) is 14.6. The van der Waals surface area contributed by atoms with Gasteiger partial charge >= 0.3 is 12.3 Å². The predicted molar refractivity (Wildman–Crippen MR) is 55.1 cm³/mol. The van der Waals surface area contributed by atoms with Crippen molar-refractivity contribution in [2.24, 2.45) is 0 Å². The first-order chi connectivity index (χ1) is 8.80. The summed E-state index contributed by atoms with van der Waals surface area (Å²) in [5.41, 5.74) is -0.562. The number of carbonyl (C=O) groups is 1. The van der Waals surface area contributed by atoms with Gasteiger partial charge in [-0.3, -0.25) is 0 Å². The average molecular weight is 281 g/mol. The van der Waals surface area contributed by atoms with Gasteiger partial charge in [-0.15, -0.1) is 13.2 Å². The largest absolute Gasteiger partial charge is 0.573 e. The van der Waals surface area contributed by atoms with Gasteiger partial charge in [0.05, 0.1) is 19.9 Å². The number of alkyl halides is 3. The molecule has 0 radical (unpaired) electrons. The lowest BCUT2D eigenvalue weighted by Crippen LogP contribution is -2.18. The number of ether oxygens (including phenoxy) is 3. The number of pyridine rings is 1. The summed E-state index contributed by atoms with van der Waals surface area (Å²) < 4.78 is 49.0. The lowest BCUT2D eigenvalue weighted by Gasteiger charge is -2.14. The summed E-state index contributed by atoms with van der Waals surface area (Å²) in [5.74, 6) is -3.39. The standard InChI is InChI=1S/C10H10F3NO5/c1-3-18-9(16)6-7(15)8(17-2)5(4-14-6)19-10(11,12)13/h4,15H,3H2,1-2H3. The molecular weight excluding hydrogens is 271 g/mol. The molecule has 106 valence electrons. The van der Waals surface area contributed by atoms with Gasteiger partial charge in [-0.2, -0.15) is 0 Å². The first-order valence-corrected chi connectivity index (χ1v) is 4.99. The molecule has 0 amide bonds. The van der Waals surface area contributed by atoms with Gasteiger partial charge in [0, 0.05) is 0 Å². The third kappa shape index (κ3) is 3.63. The van der Waals surface area contributed by atoms with Crippen molar-refractivity contribution in [1.82, 2.24) is 4.98 Å². The predicted octanol–water partition coefficient (Wildman–Crippen LogP) is 1.87. The Hall–Kier alpha value is -2.19. The maximum atomic E-state index is 12.1. The highest BCUT2D eigenvalue weighted by Crippen LogP contribution is 2.40. The number of carbonyl (C=O) groups excluding carboxylic acids is 1. The monoisotopic (exact) mass is 281 g/mol. The number of nitrogens with zero attached hydrogens (tertiary/aromatic N) is 1. The van der Waals surface area contributed by atoms with Gasteiger partial charge in [-0.05, 0) is 6.92 Å². The Balaban J connectivity index is 3.19. The van der Waals surface area contributed by atoms with E-state index in [0.29, 0.717) is 6.20 Å². The van der Waals surface area contributed by atoms with E-state index in [2.05, 4.69) is 19.2 Å². The fourth-order valence-corrected chi connectivity index (χ4v) is 1.21. The van der Waals surface area contributed by atoms with Crippen LogP contribution >= 0.6 is 0 Å². The van der Waals surface area contributed by atoms with Gasteiger partial charge in [-0.25, -0.2) is 9.78 Å². The molecule has 0 unspecified atom stereocenters. The summed E-state index contributed by atoms with van der Waals surface area (Å²) in [6.07, 6.45) is -4.37. The summed E-state index contributed by atoms with van der Waals surface area (Å²) in [7, 11) is 1.01. The average Bonchev–Trinajstić information content (AvgIpc) is 2.27. The molecule has 0 saturated heterocycles. The molecule has 0 aromatic carbocycles. The van der Waals surface area contributed by atoms with Crippen LogP contribution in [0.5, 0.6) is 17.2 Å². The molecule has 0 atom stereocenters. The maximum Gasteiger partial charge on any atom is 0.573 e. The lowest BCUT2D eigenvalue weighted by molar-refractivity contribution is -0.275. The molecule has 0 aliphatic carbocycles. The van der Waals surface area contributed by atoms with Crippen molar-refractivity contribution in [3.8, 4) is 17.2 Å².